The van der Waals surface area contributed by atoms with Gasteiger partial charge in [-0.05, 0) is 30.0 Å². The quantitative estimate of drug-likeness (QED) is 0.438. The van der Waals surface area contributed by atoms with Gasteiger partial charge < -0.3 is 0 Å². The van der Waals surface area contributed by atoms with E-state index in [1.54, 1.807) is 12.1 Å². The topological polar surface area (TPSA) is 98.3 Å². The Morgan fingerprint density at radius 2 is 1.48 bits per heavy atom. The van der Waals surface area contributed by atoms with Gasteiger partial charge in [0, 0.05) is 32.7 Å². The highest BCUT2D eigenvalue weighted by molar-refractivity contribution is 7.89. The van der Waals surface area contributed by atoms with E-state index in [2.05, 4.69) is 6.92 Å². The lowest BCUT2D eigenvalue weighted by Gasteiger charge is -2.35. The second kappa shape index (κ2) is 9.46. The van der Waals surface area contributed by atoms with Crippen molar-refractivity contribution in [1.82, 2.24) is 19.0 Å². The Kier molecular flexibility index (Phi) is 7.13. The number of hydrogen-bond donors (Lipinski definition) is 0. The van der Waals surface area contributed by atoms with Crippen molar-refractivity contribution in [3.05, 3.63) is 29.8 Å². The molecule has 0 unspecified atom stereocenters. The third-order valence-electron chi connectivity index (χ3n) is 5.46. The van der Waals surface area contributed by atoms with Crippen LogP contribution in [0.2, 0.25) is 0 Å². The standard InChI is InChI=1S/C21H30N4O5S/c1-4-5-17-6-8-18(9-7-17)31(29,30)23-12-10-22(11-13-23)15-25-20(27)19(26)24(21(25)28)14-16(2)3/h6-9,16H,4-5,10-15H2,1-3H3. The SMILES string of the molecule is CCCc1ccc(S(=O)(=O)N2CCN(CN3C(=O)C(=O)N(CC(C)C)C3=O)CC2)cc1. The van der Waals surface area contributed by atoms with Crippen LogP contribution in [-0.2, 0) is 26.0 Å². The van der Waals surface area contributed by atoms with E-state index in [4.69, 9.17) is 0 Å². The molecule has 2 aliphatic rings. The van der Waals surface area contributed by atoms with Gasteiger partial charge in [-0.15, -0.1) is 0 Å². The molecule has 10 heteroatoms. The van der Waals surface area contributed by atoms with Crippen LogP contribution in [0.1, 0.15) is 32.8 Å². The van der Waals surface area contributed by atoms with E-state index in [1.165, 1.54) is 4.31 Å². The van der Waals surface area contributed by atoms with Crippen molar-refractivity contribution in [2.75, 3.05) is 39.4 Å². The minimum Gasteiger partial charge on any atom is -0.283 e. The van der Waals surface area contributed by atoms with Gasteiger partial charge in [0.15, 0.2) is 0 Å². The lowest BCUT2D eigenvalue weighted by Crippen LogP contribution is -2.52. The Morgan fingerprint density at radius 1 is 0.903 bits per heavy atom. The van der Waals surface area contributed by atoms with Gasteiger partial charge in [-0.3, -0.25) is 19.4 Å². The molecular weight excluding hydrogens is 420 g/mol. The summed E-state index contributed by atoms with van der Waals surface area (Å²) in [6.45, 7) is 7.21. The molecule has 0 saturated carbocycles. The van der Waals surface area contributed by atoms with Crippen molar-refractivity contribution in [2.24, 2.45) is 5.92 Å². The minimum atomic E-state index is -3.60. The van der Waals surface area contributed by atoms with Crippen molar-refractivity contribution in [1.29, 1.82) is 0 Å². The summed E-state index contributed by atoms with van der Waals surface area (Å²) in [5.74, 6) is -1.57. The van der Waals surface area contributed by atoms with E-state index in [0.717, 1.165) is 28.2 Å². The molecular formula is C21H30N4O5S. The van der Waals surface area contributed by atoms with Crippen LogP contribution in [0.5, 0.6) is 0 Å². The lowest BCUT2D eigenvalue weighted by atomic mass is 10.1. The number of carbonyl (C=O) groups is 3. The average molecular weight is 451 g/mol. The number of sulfonamides is 1. The summed E-state index contributed by atoms with van der Waals surface area (Å²) in [7, 11) is -3.60. The number of hydrogen-bond acceptors (Lipinski definition) is 6. The second-order valence-corrected chi connectivity index (χ2v) is 10.3. The Hall–Kier alpha value is -2.30. The number of aryl methyl sites for hydroxylation is 1. The molecule has 9 nitrogen and oxygen atoms in total. The molecule has 1 aromatic rings. The van der Waals surface area contributed by atoms with Crippen molar-refractivity contribution < 1.29 is 22.8 Å². The summed E-state index contributed by atoms with van der Waals surface area (Å²) >= 11 is 0. The minimum absolute atomic E-state index is 0.0163. The molecule has 0 aliphatic carbocycles. The first-order chi connectivity index (χ1) is 14.6. The summed E-state index contributed by atoms with van der Waals surface area (Å²) in [6.07, 6.45) is 1.90. The summed E-state index contributed by atoms with van der Waals surface area (Å²) in [6, 6.07) is 6.37. The van der Waals surface area contributed by atoms with Crippen LogP contribution in [-0.4, -0.2) is 84.7 Å². The van der Waals surface area contributed by atoms with E-state index in [1.807, 2.05) is 30.9 Å². The fraction of sp³-hybridized carbons (Fsp3) is 0.571. The van der Waals surface area contributed by atoms with Crippen LogP contribution < -0.4 is 0 Å². The monoisotopic (exact) mass is 450 g/mol. The van der Waals surface area contributed by atoms with Gasteiger partial charge in [-0.1, -0.05) is 39.3 Å². The second-order valence-electron chi connectivity index (χ2n) is 8.38. The Balaban J connectivity index is 1.60. The van der Waals surface area contributed by atoms with Crippen LogP contribution in [0.25, 0.3) is 0 Å². The molecule has 2 fully saturated rings. The number of benzene rings is 1. The number of rotatable bonds is 8. The van der Waals surface area contributed by atoms with Gasteiger partial charge in [0.05, 0.1) is 11.6 Å². The van der Waals surface area contributed by atoms with Crippen molar-refractivity contribution >= 4 is 27.9 Å². The number of imide groups is 2. The Bertz CT molecular complexity index is 937. The van der Waals surface area contributed by atoms with Crippen molar-refractivity contribution in [3.8, 4) is 0 Å². The molecule has 4 amide bonds. The van der Waals surface area contributed by atoms with Gasteiger partial charge >= 0.3 is 17.8 Å². The predicted octanol–water partition coefficient (Wildman–Crippen LogP) is 1.35. The molecule has 0 aromatic heterocycles. The third kappa shape index (κ3) is 4.97. The molecule has 0 radical (unpaired) electrons. The smallest absolute Gasteiger partial charge is 0.283 e. The lowest BCUT2D eigenvalue weighted by molar-refractivity contribution is -0.144. The molecule has 2 saturated heterocycles. The zero-order valence-electron chi connectivity index (χ0n) is 18.3. The normalized spacial score (nSPS) is 19.2. The van der Waals surface area contributed by atoms with E-state index >= 15 is 0 Å². The van der Waals surface area contributed by atoms with E-state index in [9.17, 15) is 22.8 Å². The van der Waals surface area contributed by atoms with Crippen LogP contribution in [0.3, 0.4) is 0 Å². The number of nitrogens with zero attached hydrogens (tertiary/aromatic N) is 4. The molecule has 170 valence electrons. The van der Waals surface area contributed by atoms with Crippen LogP contribution in [0.4, 0.5) is 4.79 Å². The summed E-state index contributed by atoms with van der Waals surface area (Å²) in [4.78, 5) is 40.9. The highest BCUT2D eigenvalue weighted by Gasteiger charge is 2.45. The van der Waals surface area contributed by atoms with Gasteiger partial charge in [0.25, 0.3) is 0 Å². The molecule has 3 rings (SSSR count). The van der Waals surface area contributed by atoms with E-state index in [-0.39, 0.29) is 37.1 Å². The highest BCUT2D eigenvalue weighted by atomic mass is 32.2. The first-order valence-corrected chi connectivity index (χ1v) is 12.1. The number of carbonyl (C=O) groups excluding carboxylic acids is 3. The zero-order valence-corrected chi connectivity index (χ0v) is 19.1. The third-order valence-corrected chi connectivity index (χ3v) is 7.37. The van der Waals surface area contributed by atoms with Gasteiger partial charge in [0.1, 0.15) is 0 Å². The van der Waals surface area contributed by atoms with Gasteiger partial charge in [-0.25, -0.2) is 18.1 Å². The molecule has 0 atom stereocenters. The average Bonchev–Trinajstić information content (AvgIpc) is 2.93. The molecule has 1 aromatic carbocycles. The molecule has 0 bridgehead atoms. The fourth-order valence-corrected chi connectivity index (χ4v) is 5.20. The summed E-state index contributed by atoms with van der Waals surface area (Å²) in [5, 5.41) is 0. The van der Waals surface area contributed by atoms with Crippen molar-refractivity contribution in [3.63, 3.8) is 0 Å². The maximum Gasteiger partial charge on any atom is 0.335 e. The zero-order chi connectivity index (χ0) is 22.8. The summed E-state index contributed by atoms with van der Waals surface area (Å²) in [5.41, 5.74) is 1.10. The molecule has 31 heavy (non-hydrogen) atoms. The first-order valence-electron chi connectivity index (χ1n) is 10.6. The summed E-state index contributed by atoms with van der Waals surface area (Å²) < 4.78 is 27.3. The Morgan fingerprint density at radius 3 is 2.03 bits per heavy atom. The van der Waals surface area contributed by atoms with E-state index < -0.39 is 27.9 Å². The fourth-order valence-electron chi connectivity index (χ4n) is 3.78. The largest absolute Gasteiger partial charge is 0.335 e. The molecule has 0 N–H and O–H groups in total. The van der Waals surface area contributed by atoms with Crippen LogP contribution in [0, 0.1) is 5.92 Å². The molecule has 2 aliphatic heterocycles. The van der Waals surface area contributed by atoms with Crippen molar-refractivity contribution in [2.45, 2.75) is 38.5 Å². The number of piperazine rings is 1. The molecule has 2 heterocycles. The van der Waals surface area contributed by atoms with Crippen LogP contribution in [0.15, 0.2) is 29.2 Å². The maximum atomic E-state index is 12.9. The highest BCUT2D eigenvalue weighted by Crippen LogP contribution is 2.20. The van der Waals surface area contributed by atoms with Gasteiger partial charge in [0.2, 0.25) is 10.0 Å². The van der Waals surface area contributed by atoms with E-state index in [0.29, 0.717) is 13.1 Å². The predicted molar refractivity (Wildman–Crippen MR) is 114 cm³/mol. The van der Waals surface area contributed by atoms with Crippen LogP contribution >= 0.6 is 0 Å². The Labute approximate surface area is 183 Å². The molecule has 0 spiro atoms. The maximum absolute atomic E-state index is 12.9. The number of urea groups is 1. The number of amides is 4. The first kappa shape index (κ1) is 23.4. The van der Waals surface area contributed by atoms with Gasteiger partial charge in [-0.2, -0.15) is 4.31 Å².